The standard InChI is InChI=1S/C33H38N4O3/c1-22-6-8-23(9-7-22)29-21-30(38)35-27-20-25(31(39)36-18-5-16-34-17-19-36)12-15-28(27)37(29)32(40)24-10-13-26(14-11-24)33(2,3)4/h6-15,20,29,34H,5,16-19,21H2,1-4H3,(H,35,38). The van der Waals surface area contributed by atoms with Gasteiger partial charge in [-0.3, -0.25) is 19.3 Å². The van der Waals surface area contributed by atoms with Gasteiger partial charge in [0.2, 0.25) is 5.91 Å². The van der Waals surface area contributed by atoms with Crippen LogP contribution in [0.5, 0.6) is 0 Å². The van der Waals surface area contributed by atoms with Gasteiger partial charge in [0.05, 0.1) is 23.8 Å². The quantitative estimate of drug-likeness (QED) is 0.464. The lowest BCUT2D eigenvalue weighted by molar-refractivity contribution is -0.116. The fraction of sp³-hybridized carbons (Fsp3) is 0.364. The van der Waals surface area contributed by atoms with E-state index >= 15 is 0 Å². The van der Waals surface area contributed by atoms with E-state index in [-0.39, 0.29) is 29.6 Å². The Bertz CT molecular complexity index is 1400. The Labute approximate surface area is 236 Å². The van der Waals surface area contributed by atoms with Crippen molar-refractivity contribution in [3.05, 3.63) is 94.5 Å². The highest BCUT2D eigenvalue weighted by Gasteiger charge is 2.35. The zero-order valence-corrected chi connectivity index (χ0v) is 23.8. The van der Waals surface area contributed by atoms with Crippen LogP contribution in [0.3, 0.4) is 0 Å². The first-order valence-electron chi connectivity index (χ1n) is 14.1. The Morgan fingerprint density at radius 1 is 0.850 bits per heavy atom. The Hall–Kier alpha value is -3.97. The van der Waals surface area contributed by atoms with Crippen molar-refractivity contribution >= 4 is 29.1 Å². The van der Waals surface area contributed by atoms with Crippen molar-refractivity contribution < 1.29 is 14.4 Å². The molecule has 2 heterocycles. The summed E-state index contributed by atoms with van der Waals surface area (Å²) < 4.78 is 0. The number of amides is 3. The van der Waals surface area contributed by atoms with Crippen molar-refractivity contribution in [2.45, 2.75) is 52.0 Å². The molecule has 0 radical (unpaired) electrons. The van der Waals surface area contributed by atoms with E-state index in [4.69, 9.17) is 0 Å². The average molecular weight is 539 g/mol. The molecule has 2 N–H and O–H groups in total. The van der Waals surface area contributed by atoms with Crippen LogP contribution in [0.2, 0.25) is 0 Å². The van der Waals surface area contributed by atoms with Crippen LogP contribution in [0, 0.1) is 6.92 Å². The van der Waals surface area contributed by atoms with E-state index in [9.17, 15) is 14.4 Å². The SMILES string of the molecule is Cc1ccc(C2CC(=O)Nc3cc(C(=O)N4CCCNCC4)ccc3N2C(=O)c2ccc(C(C)(C)C)cc2)cc1. The van der Waals surface area contributed by atoms with Crippen LogP contribution >= 0.6 is 0 Å². The second-order valence-corrected chi connectivity index (χ2v) is 11.8. The molecule has 7 heteroatoms. The topological polar surface area (TPSA) is 81.8 Å². The third-order valence-corrected chi connectivity index (χ3v) is 7.77. The van der Waals surface area contributed by atoms with Gasteiger partial charge in [0, 0.05) is 30.8 Å². The van der Waals surface area contributed by atoms with Crippen LogP contribution in [-0.4, -0.2) is 48.8 Å². The molecular weight excluding hydrogens is 500 g/mol. The lowest BCUT2D eigenvalue weighted by Crippen LogP contribution is -2.35. The molecule has 2 aliphatic heterocycles. The second-order valence-electron chi connectivity index (χ2n) is 11.8. The molecule has 0 aliphatic carbocycles. The summed E-state index contributed by atoms with van der Waals surface area (Å²) in [6.07, 6.45) is 0.993. The molecule has 3 amide bonds. The highest BCUT2D eigenvalue weighted by molar-refractivity contribution is 6.12. The Morgan fingerprint density at radius 3 is 2.25 bits per heavy atom. The summed E-state index contributed by atoms with van der Waals surface area (Å²) in [6, 6.07) is 20.4. The molecule has 7 nitrogen and oxygen atoms in total. The zero-order chi connectivity index (χ0) is 28.4. The third kappa shape index (κ3) is 5.80. The van der Waals surface area contributed by atoms with E-state index in [1.54, 1.807) is 23.1 Å². The van der Waals surface area contributed by atoms with E-state index in [1.165, 1.54) is 0 Å². The van der Waals surface area contributed by atoms with Gasteiger partial charge < -0.3 is 15.5 Å². The van der Waals surface area contributed by atoms with Crippen molar-refractivity contribution in [1.82, 2.24) is 10.2 Å². The molecular formula is C33H38N4O3. The van der Waals surface area contributed by atoms with Gasteiger partial charge in [-0.2, -0.15) is 0 Å². The molecule has 1 unspecified atom stereocenters. The summed E-state index contributed by atoms with van der Waals surface area (Å²) in [6.45, 7) is 11.4. The number of carbonyl (C=O) groups excluding carboxylic acids is 3. The molecule has 3 aromatic carbocycles. The van der Waals surface area contributed by atoms with Gasteiger partial charge in [-0.1, -0.05) is 62.7 Å². The maximum Gasteiger partial charge on any atom is 0.258 e. The van der Waals surface area contributed by atoms with Gasteiger partial charge >= 0.3 is 0 Å². The number of fused-ring (bicyclic) bond motifs is 1. The average Bonchev–Trinajstić information content (AvgIpc) is 3.29. The number of carbonyl (C=O) groups is 3. The predicted molar refractivity (Wildman–Crippen MR) is 159 cm³/mol. The number of hydrogen-bond acceptors (Lipinski definition) is 4. The van der Waals surface area contributed by atoms with Crippen LogP contribution in [-0.2, 0) is 10.2 Å². The molecule has 1 fully saturated rings. The summed E-state index contributed by atoms with van der Waals surface area (Å²) in [5.74, 6) is -0.467. The van der Waals surface area contributed by atoms with Crippen molar-refractivity contribution in [2.75, 3.05) is 36.4 Å². The number of benzene rings is 3. The first-order valence-corrected chi connectivity index (χ1v) is 14.1. The summed E-state index contributed by atoms with van der Waals surface area (Å²) in [5, 5.41) is 6.32. The first-order chi connectivity index (χ1) is 19.1. The number of hydrogen-bond donors (Lipinski definition) is 2. The number of nitrogens with one attached hydrogen (secondary N) is 2. The summed E-state index contributed by atoms with van der Waals surface area (Å²) >= 11 is 0. The summed E-state index contributed by atoms with van der Waals surface area (Å²) in [5.41, 5.74) is 5.17. The van der Waals surface area contributed by atoms with Crippen LogP contribution in [0.4, 0.5) is 11.4 Å². The minimum absolute atomic E-state index is 0.0378. The Morgan fingerprint density at radius 2 is 1.55 bits per heavy atom. The molecule has 1 atom stereocenters. The lowest BCUT2D eigenvalue weighted by atomic mass is 9.86. The van der Waals surface area contributed by atoms with E-state index < -0.39 is 6.04 Å². The highest BCUT2D eigenvalue weighted by Crippen LogP contribution is 2.40. The lowest BCUT2D eigenvalue weighted by Gasteiger charge is -2.31. The van der Waals surface area contributed by atoms with Crippen molar-refractivity contribution in [1.29, 1.82) is 0 Å². The fourth-order valence-corrected chi connectivity index (χ4v) is 5.41. The van der Waals surface area contributed by atoms with E-state index in [2.05, 4.69) is 31.4 Å². The molecule has 0 aromatic heterocycles. The third-order valence-electron chi connectivity index (χ3n) is 7.77. The number of aryl methyl sites for hydroxylation is 1. The minimum Gasteiger partial charge on any atom is -0.337 e. The molecule has 0 saturated carbocycles. The summed E-state index contributed by atoms with van der Waals surface area (Å²) in [7, 11) is 0. The second kappa shape index (κ2) is 11.3. The first kappa shape index (κ1) is 27.6. The van der Waals surface area contributed by atoms with Crippen molar-refractivity contribution in [2.24, 2.45) is 0 Å². The smallest absolute Gasteiger partial charge is 0.258 e. The zero-order valence-electron chi connectivity index (χ0n) is 23.8. The molecule has 1 saturated heterocycles. The van der Waals surface area contributed by atoms with Gasteiger partial charge in [-0.25, -0.2) is 0 Å². The molecule has 208 valence electrons. The van der Waals surface area contributed by atoms with E-state index in [1.807, 2.05) is 60.4 Å². The molecule has 0 spiro atoms. The maximum absolute atomic E-state index is 14.2. The van der Waals surface area contributed by atoms with Crippen LogP contribution in [0.1, 0.15) is 77.1 Å². The van der Waals surface area contributed by atoms with E-state index in [0.29, 0.717) is 35.6 Å². The normalized spacial score (nSPS) is 17.9. The van der Waals surface area contributed by atoms with Gasteiger partial charge in [-0.15, -0.1) is 0 Å². The van der Waals surface area contributed by atoms with Gasteiger partial charge in [-0.05, 0) is 66.8 Å². The van der Waals surface area contributed by atoms with Crippen LogP contribution in [0.15, 0.2) is 66.7 Å². The highest BCUT2D eigenvalue weighted by atomic mass is 16.2. The molecule has 3 aromatic rings. The Balaban J connectivity index is 1.57. The van der Waals surface area contributed by atoms with Crippen LogP contribution in [0.25, 0.3) is 0 Å². The number of nitrogens with zero attached hydrogens (tertiary/aromatic N) is 2. The van der Waals surface area contributed by atoms with Gasteiger partial charge in [0.15, 0.2) is 0 Å². The Kier molecular flexibility index (Phi) is 7.76. The molecule has 0 bridgehead atoms. The van der Waals surface area contributed by atoms with Crippen molar-refractivity contribution in [3.63, 3.8) is 0 Å². The van der Waals surface area contributed by atoms with Crippen LogP contribution < -0.4 is 15.5 Å². The van der Waals surface area contributed by atoms with E-state index in [0.717, 1.165) is 36.2 Å². The minimum atomic E-state index is -0.505. The molecule has 5 rings (SSSR count). The van der Waals surface area contributed by atoms with Gasteiger partial charge in [0.1, 0.15) is 0 Å². The molecule has 2 aliphatic rings. The number of rotatable bonds is 3. The molecule has 40 heavy (non-hydrogen) atoms. The summed E-state index contributed by atoms with van der Waals surface area (Å²) in [4.78, 5) is 44.4. The van der Waals surface area contributed by atoms with Gasteiger partial charge in [0.25, 0.3) is 11.8 Å². The monoisotopic (exact) mass is 538 g/mol. The number of anilines is 2. The van der Waals surface area contributed by atoms with Crippen molar-refractivity contribution in [3.8, 4) is 0 Å². The predicted octanol–water partition coefficient (Wildman–Crippen LogP) is 5.46. The largest absolute Gasteiger partial charge is 0.337 e. The maximum atomic E-state index is 14.2. The fourth-order valence-electron chi connectivity index (χ4n) is 5.41.